The minimum atomic E-state index is 0.528. The molecule has 0 bridgehead atoms. The molecule has 2 saturated heterocycles. The minimum Gasteiger partial charge on any atom is -0.379 e. The maximum Gasteiger partial charge on any atom is 0.133 e. The van der Waals surface area contributed by atoms with E-state index in [0.717, 1.165) is 55.2 Å². The number of hydrogen-bond donors (Lipinski definition) is 1. The summed E-state index contributed by atoms with van der Waals surface area (Å²) in [4.78, 5) is 9.48. The number of halogens is 1. The van der Waals surface area contributed by atoms with Crippen LogP contribution in [0.25, 0.3) is 0 Å². The van der Waals surface area contributed by atoms with E-state index in [1.54, 1.807) is 0 Å². The van der Waals surface area contributed by atoms with E-state index in [1.807, 2.05) is 6.20 Å². The highest BCUT2D eigenvalue weighted by atomic mass is 79.9. The third kappa shape index (κ3) is 2.98. The van der Waals surface area contributed by atoms with Crippen LogP contribution in [0.2, 0.25) is 0 Å². The van der Waals surface area contributed by atoms with E-state index in [1.165, 1.54) is 6.42 Å². The van der Waals surface area contributed by atoms with E-state index in [-0.39, 0.29) is 0 Å². The lowest BCUT2D eigenvalue weighted by Gasteiger charge is -2.32. The summed E-state index contributed by atoms with van der Waals surface area (Å²) in [5, 5.41) is 0. The van der Waals surface area contributed by atoms with Crippen molar-refractivity contribution in [2.24, 2.45) is 5.73 Å². The van der Waals surface area contributed by atoms with Gasteiger partial charge in [0, 0.05) is 55.0 Å². The van der Waals surface area contributed by atoms with Crippen LogP contribution in [0.15, 0.2) is 16.7 Å². The van der Waals surface area contributed by atoms with Crippen LogP contribution in [0.1, 0.15) is 12.0 Å². The van der Waals surface area contributed by atoms with Crippen LogP contribution in [0.4, 0.5) is 5.82 Å². The fourth-order valence-corrected chi connectivity index (χ4v) is 3.46. The number of aromatic nitrogens is 1. The van der Waals surface area contributed by atoms with Crippen LogP contribution in [-0.4, -0.2) is 55.3 Å². The Bertz CT molecular complexity index is 464. The predicted molar refractivity (Wildman–Crippen MR) is 82.8 cm³/mol. The van der Waals surface area contributed by atoms with Crippen molar-refractivity contribution in [3.05, 3.63) is 22.3 Å². The Balaban J connectivity index is 1.70. The van der Waals surface area contributed by atoms with Crippen LogP contribution in [-0.2, 0) is 11.3 Å². The Morgan fingerprint density at radius 2 is 2.15 bits per heavy atom. The average Bonchev–Trinajstić information content (AvgIpc) is 2.97. The third-order valence-electron chi connectivity index (χ3n) is 4.15. The summed E-state index contributed by atoms with van der Waals surface area (Å²) in [7, 11) is 0. The first-order valence-corrected chi connectivity index (χ1v) is 7.98. The summed E-state index contributed by atoms with van der Waals surface area (Å²) in [5.41, 5.74) is 6.96. The number of pyridine rings is 1. The van der Waals surface area contributed by atoms with E-state index in [2.05, 4.69) is 36.8 Å². The summed E-state index contributed by atoms with van der Waals surface area (Å²) in [5.74, 6) is 1.05. The quantitative estimate of drug-likeness (QED) is 0.896. The van der Waals surface area contributed by atoms with Crippen molar-refractivity contribution in [1.82, 2.24) is 9.88 Å². The Morgan fingerprint density at radius 3 is 2.90 bits per heavy atom. The molecule has 2 N–H and O–H groups in total. The number of hydrogen-bond acceptors (Lipinski definition) is 5. The molecule has 5 nitrogen and oxygen atoms in total. The third-order valence-corrected chi connectivity index (χ3v) is 4.59. The molecule has 3 heterocycles. The topological polar surface area (TPSA) is 54.6 Å². The molecule has 110 valence electrons. The lowest BCUT2D eigenvalue weighted by atomic mass is 10.2. The van der Waals surface area contributed by atoms with Gasteiger partial charge < -0.3 is 15.4 Å². The Labute approximate surface area is 128 Å². The van der Waals surface area contributed by atoms with Crippen molar-refractivity contribution in [1.29, 1.82) is 0 Å². The van der Waals surface area contributed by atoms with Gasteiger partial charge in [0.2, 0.25) is 0 Å². The van der Waals surface area contributed by atoms with Crippen molar-refractivity contribution >= 4 is 21.7 Å². The highest BCUT2D eigenvalue weighted by Gasteiger charge is 2.30. The highest BCUT2D eigenvalue weighted by Crippen LogP contribution is 2.26. The van der Waals surface area contributed by atoms with Gasteiger partial charge in [0.25, 0.3) is 0 Å². The molecule has 0 aromatic carbocycles. The van der Waals surface area contributed by atoms with E-state index >= 15 is 0 Å². The van der Waals surface area contributed by atoms with Gasteiger partial charge in [-0.05, 0) is 28.4 Å². The van der Waals surface area contributed by atoms with Crippen molar-refractivity contribution in [2.75, 3.05) is 44.3 Å². The minimum absolute atomic E-state index is 0.528. The van der Waals surface area contributed by atoms with Crippen LogP contribution in [0.3, 0.4) is 0 Å². The Morgan fingerprint density at radius 1 is 1.35 bits per heavy atom. The molecule has 0 spiro atoms. The molecule has 6 heteroatoms. The van der Waals surface area contributed by atoms with Gasteiger partial charge >= 0.3 is 0 Å². The lowest BCUT2D eigenvalue weighted by molar-refractivity contribution is 0.0209. The van der Waals surface area contributed by atoms with E-state index in [0.29, 0.717) is 12.6 Å². The molecule has 0 saturated carbocycles. The Kier molecular flexibility index (Phi) is 4.55. The maximum atomic E-state index is 5.85. The van der Waals surface area contributed by atoms with E-state index in [4.69, 9.17) is 10.5 Å². The van der Waals surface area contributed by atoms with Crippen molar-refractivity contribution < 1.29 is 4.74 Å². The summed E-state index contributed by atoms with van der Waals surface area (Å²) >= 11 is 3.46. The standard InChI is InChI=1S/C14H21BrN4O/c15-12-7-11(8-16)14(17-9-12)19-2-1-13(10-19)18-3-5-20-6-4-18/h7,9,13H,1-6,8,10,16H2. The molecule has 3 rings (SSSR count). The first-order chi connectivity index (χ1) is 9.78. The second kappa shape index (κ2) is 6.39. The molecule has 1 unspecified atom stereocenters. The van der Waals surface area contributed by atoms with Gasteiger partial charge in [-0.25, -0.2) is 4.98 Å². The molecule has 1 aromatic rings. The number of rotatable bonds is 3. The van der Waals surface area contributed by atoms with Crippen LogP contribution >= 0.6 is 15.9 Å². The molecule has 2 aliphatic rings. The Hall–Kier alpha value is -0.690. The second-order valence-electron chi connectivity index (χ2n) is 5.38. The maximum absolute atomic E-state index is 5.85. The van der Waals surface area contributed by atoms with Gasteiger partial charge in [0.1, 0.15) is 5.82 Å². The monoisotopic (exact) mass is 340 g/mol. The highest BCUT2D eigenvalue weighted by molar-refractivity contribution is 9.10. The SMILES string of the molecule is NCc1cc(Br)cnc1N1CCC(N2CCOCC2)C1. The summed E-state index contributed by atoms with van der Waals surface area (Å²) < 4.78 is 6.42. The largest absolute Gasteiger partial charge is 0.379 e. The van der Waals surface area contributed by atoms with E-state index < -0.39 is 0 Å². The van der Waals surface area contributed by atoms with Crippen LogP contribution < -0.4 is 10.6 Å². The lowest BCUT2D eigenvalue weighted by Crippen LogP contribution is -2.44. The van der Waals surface area contributed by atoms with Crippen LogP contribution in [0.5, 0.6) is 0 Å². The fraction of sp³-hybridized carbons (Fsp3) is 0.643. The molecular weight excluding hydrogens is 320 g/mol. The van der Waals surface area contributed by atoms with Gasteiger partial charge in [-0.1, -0.05) is 0 Å². The molecule has 20 heavy (non-hydrogen) atoms. The number of nitrogens with zero attached hydrogens (tertiary/aromatic N) is 3. The number of ether oxygens (including phenoxy) is 1. The number of nitrogens with two attached hydrogens (primary N) is 1. The number of morpholine rings is 1. The van der Waals surface area contributed by atoms with Gasteiger partial charge in [-0.2, -0.15) is 0 Å². The molecular formula is C14H21BrN4O. The van der Waals surface area contributed by atoms with Crippen LogP contribution in [0, 0.1) is 0 Å². The summed E-state index contributed by atoms with van der Waals surface area (Å²) in [6.07, 6.45) is 3.05. The van der Waals surface area contributed by atoms with Gasteiger partial charge in [-0.3, -0.25) is 4.90 Å². The predicted octanol–water partition coefficient (Wildman–Crippen LogP) is 1.21. The number of anilines is 1. The zero-order chi connectivity index (χ0) is 13.9. The first kappa shape index (κ1) is 14.3. The normalized spacial score (nSPS) is 24.3. The zero-order valence-electron chi connectivity index (χ0n) is 11.6. The smallest absolute Gasteiger partial charge is 0.133 e. The first-order valence-electron chi connectivity index (χ1n) is 7.19. The molecule has 0 amide bonds. The molecule has 2 aliphatic heterocycles. The van der Waals surface area contributed by atoms with Crippen molar-refractivity contribution in [3.8, 4) is 0 Å². The average molecular weight is 341 g/mol. The van der Waals surface area contributed by atoms with Gasteiger partial charge in [0.15, 0.2) is 0 Å². The van der Waals surface area contributed by atoms with Crippen molar-refractivity contribution in [2.45, 2.75) is 19.0 Å². The molecule has 2 fully saturated rings. The summed E-state index contributed by atoms with van der Waals surface area (Å²) in [6.45, 7) is 6.46. The van der Waals surface area contributed by atoms with Crippen molar-refractivity contribution in [3.63, 3.8) is 0 Å². The fourth-order valence-electron chi connectivity index (χ4n) is 3.08. The zero-order valence-corrected chi connectivity index (χ0v) is 13.2. The molecule has 1 atom stereocenters. The van der Waals surface area contributed by atoms with E-state index in [9.17, 15) is 0 Å². The molecule has 0 aliphatic carbocycles. The van der Waals surface area contributed by atoms with Gasteiger partial charge in [0.05, 0.1) is 13.2 Å². The molecule has 1 aromatic heterocycles. The second-order valence-corrected chi connectivity index (χ2v) is 6.29. The van der Waals surface area contributed by atoms with Gasteiger partial charge in [-0.15, -0.1) is 0 Å². The summed E-state index contributed by atoms with van der Waals surface area (Å²) in [6, 6.07) is 2.69. The molecule has 0 radical (unpaired) electrons.